The van der Waals surface area contributed by atoms with E-state index in [1.807, 2.05) is 48.5 Å². The maximum atomic E-state index is 12.7. The van der Waals surface area contributed by atoms with Crippen LogP contribution in [-0.4, -0.2) is 20.9 Å². The highest BCUT2D eigenvalue weighted by molar-refractivity contribution is 14.1. The summed E-state index contributed by atoms with van der Waals surface area (Å²) in [6.07, 6.45) is -0.310. The summed E-state index contributed by atoms with van der Waals surface area (Å²) >= 11 is 2.20. The lowest BCUT2D eigenvalue weighted by Crippen LogP contribution is -2.41. The molecule has 0 aliphatic heterocycles. The van der Waals surface area contributed by atoms with Crippen LogP contribution in [0.15, 0.2) is 48.5 Å². The second kappa shape index (κ2) is 6.51. The summed E-state index contributed by atoms with van der Waals surface area (Å²) in [6, 6.07) is 15.3. The number of hydrogen-bond donors (Lipinski definition) is 1. The van der Waals surface area contributed by atoms with Crippen LogP contribution in [0.25, 0.3) is 11.0 Å². The number of rotatable bonds is 3. The zero-order valence-corrected chi connectivity index (χ0v) is 16.0. The van der Waals surface area contributed by atoms with Crippen LogP contribution in [0.1, 0.15) is 37.3 Å². The van der Waals surface area contributed by atoms with Crippen molar-refractivity contribution in [3.63, 3.8) is 0 Å². The molecular weight excluding hydrogens is 415 g/mol. The number of hydrogen-bond acceptors (Lipinski definition) is 3. The fourth-order valence-electron chi connectivity index (χ4n) is 2.56. The van der Waals surface area contributed by atoms with Gasteiger partial charge in [0, 0.05) is 14.5 Å². The van der Waals surface area contributed by atoms with E-state index in [-0.39, 0.29) is 17.5 Å². The van der Waals surface area contributed by atoms with E-state index in [9.17, 15) is 4.79 Å². The Kier molecular flexibility index (Phi) is 4.58. The summed E-state index contributed by atoms with van der Waals surface area (Å²) in [6.45, 7) is 6.22. The van der Waals surface area contributed by atoms with Gasteiger partial charge in [0.25, 0.3) is 5.91 Å². The first-order chi connectivity index (χ1) is 11.4. The highest BCUT2D eigenvalue weighted by atomic mass is 127. The Hall–Kier alpha value is -1.96. The molecule has 1 amide bonds. The lowest BCUT2D eigenvalue weighted by atomic mass is 9.92. The van der Waals surface area contributed by atoms with Crippen molar-refractivity contribution in [1.82, 2.24) is 20.3 Å². The number of para-hydroxylation sites is 1. The monoisotopic (exact) mass is 434 g/mol. The predicted molar refractivity (Wildman–Crippen MR) is 103 cm³/mol. The van der Waals surface area contributed by atoms with Crippen LogP contribution in [0.3, 0.4) is 0 Å². The molecule has 0 fully saturated rings. The molecule has 0 saturated heterocycles. The molecule has 1 aromatic heterocycles. The van der Waals surface area contributed by atoms with Crippen LogP contribution in [0.5, 0.6) is 0 Å². The lowest BCUT2D eigenvalue weighted by molar-refractivity contribution is 0.0843. The minimum atomic E-state index is -0.310. The van der Waals surface area contributed by atoms with Crippen LogP contribution < -0.4 is 5.32 Å². The van der Waals surface area contributed by atoms with E-state index in [1.165, 1.54) is 0 Å². The van der Waals surface area contributed by atoms with Gasteiger partial charge in [-0.1, -0.05) is 44.2 Å². The molecule has 1 N–H and O–H groups in total. The third-order valence-corrected chi connectivity index (χ3v) is 4.47. The van der Waals surface area contributed by atoms with Gasteiger partial charge in [0.1, 0.15) is 11.7 Å². The molecule has 5 nitrogen and oxygen atoms in total. The molecule has 0 bridgehead atoms. The first kappa shape index (κ1) is 16.9. The first-order valence-electron chi connectivity index (χ1n) is 7.72. The molecule has 0 aliphatic rings. The summed E-state index contributed by atoms with van der Waals surface area (Å²) < 4.78 is 2.82. The van der Waals surface area contributed by atoms with E-state index in [1.54, 1.807) is 4.68 Å². The molecule has 3 aromatic rings. The molecule has 24 heavy (non-hydrogen) atoms. The third-order valence-electron chi connectivity index (χ3n) is 3.80. The largest absolute Gasteiger partial charge is 0.330 e. The maximum absolute atomic E-state index is 12.7. The molecule has 2 aromatic carbocycles. The quantitative estimate of drug-likeness (QED) is 0.634. The van der Waals surface area contributed by atoms with Crippen molar-refractivity contribution < 1.29 is 4.79 Å². The molecule has 124 valence electrons. The summed E-state index contributed by atoms with van der Waals surface area (Å²) in [5, 5.41) is 11.6. The molecule has 1 atom stereocenters. The fourth-order valence-corrected chi connectivity index (χ4v) is 3.10. The number of carbonyl (C=O) groups is 1. The van der Waals surface area contributed by atoms with E-state index in [0.717, 1.165) is 14.6 Å². The van der Waals surface area contributed by atoms with Gasteiger partial charge in [-0.25, -0.2) is 4.68 Å². The van der Waals surface area contributed by atoms with E-state index in [2.05, 4.69) is 59.0 Å². The van der Waals surface area contributed by atoms with Crippen LogP contribution in [0, 0.1) is 8.99 Å². The van der Waals surface area contributed by atoms with Crippen molar-refractivity contribution >= 4 is 39.5 Å². The van der Waals surface area contributed by atoms with Gasteiger partial charge >= 0.3 is 0 Å². The number of nitrogens with one attached hydrogen (secondary N) is 1. The molecule has 1 unspecified atom stereocenters. The topological polar surface area (TPSA) is 59.8 Å². The standard InChI is InChI=1S/C18H19IN4O/c1-18(2,3)17(20-16(24)12-7-6-8-13(19)11-12)23-15-10-5-4-9-14(15)21-22-23/h4-11,17H,1-3H3,(H,20,24). The zero-order chi connectivity index (χ0) is 17.3. The molecule has 0 aliphatic carbocycles. The fraction of sp³-hybridized carbons (Fsp3) is 0.278. The van der Waals surface area contributed by atoms with E-state index < -0.39 is 0 Å². The van der Waals surface area contributed by atoms with Crippen molar-refractivity contribution in [2.75, 3.05) is 0 Å². The molecular formula is C18H19IN4O. The van der Waals surface area contributed by atoms with Gasteiger partial charge in [-0.05, 0) is 52.9 Å². The van der Waals surface area contributed by atoms with Gasteiger partial charge in [-0.3, -0.25) is 4.79 Å². The van der Waals surface area contributed by atoms with Gasteiger partial charge in [0.05, 0.1) is 5.52 Å². The van der Waals surface area contributed by atoms with Crippen molar-refractivity contribution in [3.8, 4) is 0 Å². The molecule has 0 radical (unpaired) electrons. The van der Waals surface area contributed by atoms with Gasteiger partial charge in [0.2, 0.25) is 0 Å². The van der Waals surface area contributed by atoms with E-state index in [0.29, 0.717) is 5.56 Å². The highest BCUT2D eigenvalue weighted by Crippen LogP contribution is 2.30. The molecule has 1 heterocycles. The Morgan fingerprint density at radius 3 is 2.62 bits per heavy atom. The number of fused-ring (bicyclic) bond motifs is 1. The number of amides is 1. The zero-order valence-electron chi connectivity index (χ0n) is 13.8. The van der Waals surface area contributed by atoms with Gasteiger partial charge in [-0.2, -0.15) is 0 Å². The van der Waals surface area contributed by atoms with Crippen molar-refractivity contribution in [1.29, 1.82) is 0 Å². The lowest BCUT2D eigenvalue weighted by Gasteiger charge is -2.31. The Balaban J connectivity index is 1.98. The Bertz CT molecular complexity index is 882. The SMILES string of the molecule is CC(C)(C)C(NC(=O)c1cccc(I)c1)n1nnc2ccccc21. The van der Waals surface area contributed by atoms with Crippen LogP contribution in [0.4, 0.5) is 0 Å². The molecule has 6 heteroatoms. The van der Waals surface area contributed by atoms with Gasteiger partial charge in [-0.15, -0.1) is 5.10 Å². The summed E-state index contributed by atoms with van der Waals surface area (Å²) in [7, 11) is 0. The third kappa shape index (κ3) is 3.43. The van der Waals surface area contributed by atoms with Crippen molar-refractivity contribution in [3.05, 3.63) is 57.7 Å². The normalized spacial score (nSPS) is 13.0. The van der Waals surface area contributed by atoms with Gasteiger partial charge in [0.15, 0.2) is 0 Å². The highest BCUT2D eigenvalue weighted by Gasteiger charge is 2.30. The predicted octanol–water partition coefficient (Wildman–Crippen LogP) is 4.01. The minimum Gasteiger partial charge on any atom is -0.330 e. The number of carbonyl (C=O) groups excluding carboxylic acids is 1. The number of benzene rings is 2. The van der Waals surface area contributed by atoms with E-state index >= 15 is 0 Å². The summed E-state index contributed by atoms with van der Waals surface area (Å²) in [5.41, 5.74) is 2.13. The summed E-state index contributed by atoms with van der Waals surface area (Å²) in [5.74, 6) is -0.118. The smallest absolute Gasteiger partial charge is 0.252 e. The first-order valence-corrected chi connectivity index (χ1v) is 8.80. The van der Waals surface area contributed by atoms with Gasteiger partial charge < -0.3 is 5.32 Å². The maximum Gasteiger partial charge on any atom is 0.252 e. The number of aromatic nitrogens is 3. The molecule has 0 spiro atoms. The minimum absolute atomic E-state index is 0.118. The Morgan fingerprint density at radius 2 is 1.92 bits per heavy atom. The van der Waals surface area contributed by atoms with E-state index in [4.69, 9.17) is 0 Å². The molecule has 3 rings (SSSR count). The Morgan fingerprint density at radius 1 is 1.17 bits per heavy atom. The average Bonchev–Trinajstić information content (AvgIpc) is 2.95. The second-order valence-corrected chi connectivity index (χ2v) is 8.02. The van der Waals surface area contributed by atoms with Crippen LogP contribution in [-0.2, 0) is 0 Å². The number of halogens is 1. The second-order valence-electron chi connectivity index (χ2n) is 6.78. The van der Waals surface area contributed by atoms with Crippen LogP contribution >= 0.6 is 22.6 Å². The number of nitrogens with zero attached hydrogens (tertiary/aromatic N) is 3. The van der Waals surface area contributed by atoms with Crippen molar-refractivity contribution in [2.24, 2.45) is 5.41 Å². The van der Waals surface area contributed by atoms with Crippen molar-refractivity contribution in [2.45, 2.75) is 26.9 Å². The average molecular weight is 434 g/mol. The van der Waals surface area contributed by atoms with Crippen LogP contribution in [0.2, 0.25) is 0 Å². The Labute approximate surface area is 154 Å². The molecule has 0 saturated carbocycles. The summed E-state index contributed by atoms with van der Waals surface area (Å²) in [4.78, 5) is 12.7.